The summed E-state index contributed by atoms with van der Waals surface area (Å²) < 4.78 is 5.66. The number of amides is 2. The van der Waals surface area contributed by atoms with E-state index in [1.165, 1.54) is 11.1 Å². The van der Waals surface area contributed by atoms with Crippen LogP contribution in [0.3, 0.4) is 0 Å². The third kappa shape index (κ3) is 4.65. The largest absolute Gasteiger partial charge is 0.481 e. The smallest absolute Gasteiger partial charge is 0.407 e. The summed E-state index contributed by atoms with van der Waals surface area (Å²) in [6.45, 7) is 1.28. The predicted octanol–water partition coefficient (Wildman–Crippen LogP) is 4.02. The highest BCUT2D eigenvalue weighted by Gasteiger charge is 2.40. The minimum atomic E-state index is -0.794. The number of aliphatic carboxylic acids is 1. The Morgan fingerprint density at radius 1 is 0.941 bits per heavy atom. The number of piperidine rings is 1. The third-order valence-corrected chi connectivity index (χ3v) is 7.37. The van der Waals surface area contributed by atoms with E-state index in [4.69, 9.17) is 9.84 Å². The summed E-state index contributed by atoms with van der Waals surface area (Å²) in [4.78, 5) is 38.7. The van der Waals surface area contributed by atoms with E-state index in [0.29, 0.717) is 25.9 Å². The Bertz CT molecular complexity index is 1040. The molecule has 2 aromatic carbocycles. The number of alkyl carbamates (subject to hydrolysis) is 1. The SMILES string of the molecule is O=C(O)CC1CCN(C(=O)C(NC(=O)OCC2c3ccccc3-c3ccccc32)C2CC2)CC1. The van der Waals surface area contributed by atoms with Gasteiger partial charge in [-0.3, -0.25) is 9.59 Å². The van der Waals surface area contributed by atoms with Crippen molar-refractivity contribution in [3.8, 4) is 11.1 Å². The average Bonchev–Trinajstić information content (AvgIpc) is 3.63. The van der Waals surface area contributed by atoms with Crippen LogP contribution < -0.4 is 5.32 Å². The van der Waals surface area contributed by atoms with Crippen LogP contribution in [0.25, 0.3) is 11.1 Å². The Hall–Kier alpha value is -3.35. The van der Waals surface area contributed by atoms with Crippen LogP contribution in [-0.2, 0) is 14.3 Å². The van der Waals surface area contributed by atoms with Crippen molar-refractivity contribution in [3.63, 3.8) is 0 Å². The Morgan fingerprint density at radius 2 is 1.53 bits per heavy atom. The second kappa shape index (κ2) is 9.49. The van der Waals surface area contributed by atoms with Gasteiger partial charge in [0.1, 0.15) is 12.6 Å². The third-order valence-electron chi connectivity index (χ3n) is 7.37. The van der Waals surface area contributed by atoms with Crippen LogP contribution in [0.15, 0.2) is 48.5 Å². The van der Waals surface area contributed by atoms with E-state index in [9.17, 15) is 14.4 Å². The van der Waals surface area contributed by atoms with Crippen LogP contribution in [0, 0.1) is 11.8 Å². The van der Waals surface area contributed by atoms with Crippen LogP contribution in [0.5, 0.6) is 0 Å². The van der Waals surface area contributed by atoms with E-state index in [1.807, 2.05) is 24.3 Å². The first-order chi connectivity index (χ1) is 16.5. The molecule has 2 aliphatic carbocycles. The molecule has 5 rings (SSSR count). The van der Waals surface area contributed by atoms with E-state index in [0.717, 1.165) is 24.0 Å². The number of likely N-dealkylation sites (tertiary alicyclic amines) is 1. The minimum absolute atomic E-state index is 0.0264. The fraction of sp³-hybridized carbons (Fsp3) is 0.444. The number of carbonyl (C=O) groups excluding carboxylic acids is 2. The van der Waals surface area contributed by atoms with Crippen LogP contribution in [0.2, 0.25) is 0 Å². The predicted molar refractivity (Wildman–Crippen MR) is 126 cm³/mol. The lowest BCUT2D eigenvalue weighted by atomic mass is 9.93. The molecule has 2 fully saturated rings. The maximum atomic E-state index is 13.2. The van der Waals surface area contributed by atoms with Gasteiger partial charge in [0, 0.05) is 25.4 Å². The second-order valence-corrected chi connectivity index (χ2v) is 9.65. The van der Waals surface area contributed by atoms with Crippen LogP contribution in [0.4, 0.5) is 4.79 Å². The monoisotopic (exact) mass is 462 g/mol. The summed E-state index contributed by atoms with van der Waals surface area (Å²) in [6.07, 6.45) is 2.77. The summed E-state index contributed by atoms with van der Waals surface area (Å²) in [6, 6.07) is 15.8. The fourth-order valence-electron chi connectivity index (χ4n) is 5.38. The molecule has 178 valence electrons. The first-order valence-electron chi connectivity index (χ1n) is 12.1. The lowest BCUT2D eigenvalue weighted by molar-refractivity contribution is -0.139. The van der Waals surface area contributed by atoms with Gasteiger partial charge in [-0.05, 0) is 59.8 Å². The van der Waals surface area contributed by atoms with Crippen LogP contribution in [0.1, 0.15) is 49.1 Å². The molecule has 1 saturated carbocycles. The summed E-state index contributed by atoms with van der Waals surface area (Å²) >= 11 is 0. The zero-order valence-corrected chi connectivity index (χ0v) is 19.1. The second-order valence-electron chi connectivity index (χ2n) is 9.65. The molecular weight excluding hydrogens is 432 g/mol. The van der Waals surface area contributed by atoms with E-state index in [2.05, 4.69) is 29.6 Å². The summed E-state index contributed by atoms with van der Waals surface area (Å²) in [5.41, 5.74) is 4.64. The standard InChI is InChI=1S/C27H30N2O5/c30-24(31)15-17-11-13-29(14-12-17)26(32)25(18-9-10-18)28-27(33)34-16-23-21-7-3-1-5-19(21)20-6-2-4-8-22(20)23/h1-8,17-18,23,25H,9-16H2,(H,28,33)(H,30,31). The van der Waals surface area contributed by atoms with E-state index >= 15 is 0 Å². The van der Waals surface area contributed by atoms with Crippen molar-refractivity contribution in [2.75, 3.05) is 19.7 Å². The van der Waals surface area contributed by atoms with Crippen molar-refractivity contribution in [1.29, 1.82) is 0 Å². The number of ether oxygens (including phenoxy) is 1. The first-order valence-corrected chi connectivity index (χ1v) is 12.1. The number of fused-ring (bicyclic) bond motifs is 3. The molecule has 0 bridgehead atoms. The Balaban J connectivity index is 1.19. The van der Waals surface area contributed by atoms with Gasteiger partial charge in [0.2, 0.25) is 5.91 Å². The highest BCUT2D eigenvalue weighted by atomic mass is 16.5. The molecule has 1 unspecified atom stereocenters. The molecule has 1 saturated heterocycles. The summed E-state index contributed by atoms with van der Waals surface area (Å²) in [5.74, 6) is -0.649. The fourth-order valence-corrected chi connectivity index (χ4v) is 5.38. The first kappa shape index (κ1) is 22.4. The molecule has 2 amide bonds. The van der Waals surface area contributed by atoms with Crippen molar-refractivity contribution < 1.29 is 24.2 Å². The summed E-state index contributed by atoms with van der Waals surface area (Å²) in [7, 11) is 0. The molecule has 1 heterocycles. The van der Waals surface area contributed by atoms with Crippen molar-refractivity contribution in [2.45, 2.75) is 44.1 Å². The van der Waals surface area contributed by atoms with Gasteiger partial charge < -0.3 is 20.1 Å². The zero-order chi connectivity index (χ0) is 23.7. The molecule has 7 heteroatoms. The van der Waals surface area contributed by atoms with E-state index in [-0.39, 0.29) is 36.7 Å². The maximum Gasteiger partial charge on any atom is 0.407 e. The van der Waals surface area contributed by atoms with Crippen LogP contribution in [-0.4, -0.2) is 53.7 Å². The zero-order valence-electron chi connectivity index (χ0n) is 19.1. The normalized spacial score (nSPS) is 18.6. The molecule has 34 heavy (non-hydrogen) atoms. The van der Waals surface area contributed by atoms with Gasteiger partial charge in [-0.2, -0.15) is 0 Å². The number of nitrogens with one attached hydrogen (secondary N) is 1. The van der Waals surface area contributed by atoms with Crippen molar-refractivity contribution in [2.24, 2.45) is 11.8 Å². The number of carboxylic acid groups (broad SMARTS) is 1. The topological polar surface area (TPSA) is 95.9 Å². The number of carboxylic acids is 1. The van der Waals surface area contributed by atoms with E-state index < -0.39 is 18.1 Å². The Labute approximate surface area is 199 Å². The van der Waals surface area contributed by atoms with Gasteiger partial charge in [-0.25, -0.2) is 4.79 Å². The molecule has 7 nitrogen and oxygen atoms in total. The van der Waals surface area contributed by atoms with E-state index in [1.54, 1.807) is 4.90 Å². The lowest BCUT2D eigenvalue weighted by Crippen LogP contribution is -2.52. The highest BCUT2D eigenvalue weighted by Crippen LogP contribution is 2.44. The molecule has 0 aromatic heterocycles. The molecule has 0 radical (unpaired) electrons. The molecule has 2 aromatic rings. The van der Waals surface area contributed by atoms with Gasteiger partial charge >= 0.3 is 12.1 Å². The van der Waals surface area contributed by atoms with Crippen molar-refractivity contribution in [1.82, 2.24) is 10.2 Å². The number of hydrogen-bond acceptors (Lipinski definition) is 4. The number of hydrogen-bond donors (Lipinski definition) is 2. The molecular formula is C27H30N2O5. The van der Waals surface area contributed by atoms with Gasteiger partial charge in [0.25, 0.3) is 0 Å². The quantitative estimate of drug-likeness (QED) is 0.648. The van der Waals surface area contributed by atoms with Gasteiger partial charge in [-0.1, -0.05) is 48.5 Å². The number of nitrogens with zero attached hydrogens (tertiary/aromatic N) is 1. The molecule has 0 spiro atoms. The average molecular weight is 463 g/mol. The highest BCUT2D eigenvalue weighted by molar-refractivity contribution is 5.86. The minimum Gasteiger partial charge on any atom is -0.481 e. The molecule has 1 aliphatic heterocycles. The van der Waals surface area contributed by atoms with Crippen LogP contribution >= 0.6 is 0 Å². The number of carbonyl (C=O) groups is 3. The number of benzene rings is 2. The molecule has 3 aliphatic rings. The molecule has 2 N–H and O–H groups in total. The number of rotatable bonds is 7. The van der Waals surface area contributed by atoms with Gasteiger partial charge in [0.05, 0.1) is 0 Å². The van der Waals surface area contributed by atoms with Gasteiger partial charge in [0.15, 0.2) is 0 Å². The summed E-state index contributed by atoms with van der Waals surface area (Å²) in [5, 5.41) is 11.8. The Morgan fingerprint density at radius 3 is 2.09 bits per heavy atom. The van der Waals surface area contributed by atoms with Crippen molar-refractivity contribution in [3.05, 3.63) is 59.7 Å². The lowest BCUT2D eigenvalue weighted by Gasteiger charge is -2.34. The molecule has 1 atom stereocenters. The van der Waals surface area contributed by atoms with Crippen molar-refractivity contribution >= 4 is 18.0 Å². The van der Waals surface area contributed by atoms with Gasteiger partial charge in [-0.15, -0.1) is 0 Å². The Kier molecular flexibility index (Phi) is 6.26. The maximum absolute atomic E-state index is 13.2.